The molecule has 1 heterocycles. The van der Waals surface area contributed by atoms with Crippen molar-refractivity contribution in [1.29, 1.82) is 0 Å². The molecular weight excluding hydrogens is 341 g/mol. The lowest BCUT2D eigenvalue weighted by Crippen LogP contribution is -2.41. The van der Waals surface area contributed by atoms with Crippen LogP contribution in [-0.2, 0) is 18.9 Å². The summed E-state index contributed by atoms with van der Waals surface area (Å²) in [7, 11) is -0.363. The molecule has 1 aliphatic rings. The largest absolute Gasteiger partial charge is 0.494 e. The molecular formula is C21H32BNO4. The molecule has 1 aromatic rings. The lowest BCUT2D eigenvalue weighted by molar-refractivity contribution is -0.152. The van der Waals surface area contributed by atoms with Crippen molar-refractivity contribution in [1.82, 2.24) is 0 Å². The average Bonchev–Trinajstić information content (AvgIpc) is 2.78. The number of nitrogens with two attached hydrogens (primary N) is 1. The number of carbonyl (C=O) groups excluding carboxylic acids is 1. The van der Waals surface area contributed by atoms with E-state index in [4.69, 9.17) is 15.2 Å². The van der Waals surface area contributed by atoms with E-state index in [9.17, 15) is 4.79 Å². The average molecular weight is 373 g/mol. The minimum Gasteiger partial charge on any atom is -0.399 e. The van der Waals surface area contributed by atoms with Gasteiger partial charge >= 0.3 is 13.1 Å². The van der Waals surface area contributed by atoms with Crippen molar-refractivity contribution < 1.29 is 18.9 Å². The lowest BCUT2D eigenvalue weighted by atomic mass is 9.78. The van der Waals surface area contributed by atoms with E-state index in [1.54, 1.807) is 0 Å². The van der Waals surface area contributed by atoms with Gasteiger partial charge in [-0.15, -0.1) is 0 Å². The molecule has 0 spiro atoms. The molecule has 27 heavy (non-hydrogen) atoms. The van der Waals surface area contributed by atoms with Gasteiger partial charge < -0.3 is 14.1 Å². The number of allylic oxidation sites excluding steroid dienone is 1. The Hall–Kier alpha value is -1.63. The third kappa shape index (κ3) is 5.01. The van der Waals surface area contributed by atoms with E-state index < -0.39 is 0 Å². The first-order valence-electron chi connectivity index (χ1n) is 9.40. The van der Waals surface area contributed by atoms with Gasteiger partial charge in [-0.05, 0) is 50.6 Å². The van der Waals surface area contributed by atoms with E-state index in [0.29, 0.717) is 6.42 Å². The maximum atomic E-state index is 11.9. The predicted molar refractivity (Wildman–Crippen MR) is 109 cm³/mol. The Bertz CT molecular complexity index is 673. The Labute approximate surface area is 163 Å². The molecule has 1 aliphatic heterocycles. The number of benzene rings is 1. The molecule has 5 nitrogen and oxygen atoms in total. The van der Waals surface area contributed by atoms with E-state index in [2.05, 4.69) is 4.84 Å². The molecule has 0 amide bonds. The monoisotopic (exact) mass is 373 g/mol. The van der Waals surface area contributed by atoms with E-state index in [-0.39, 0.29) is 35.6 Å². The molecule has 2 rings (SSSR count). The van der Waals surface area contributed by atoms with Gasteiger partial charge in [-0.25, -0.2) is 0 Å². The highest BCUT2D eigenvalue weighted by Gasteiger charge is 2.51. The van der Waals surface area contributed by atoms with Crippen molar-refractivity contribution in [2.45, 2.75) is 66.1 Å². The zero-order valence-electron chi connectivity index (χ0n) is 17.5. The topological polar surface area (TPSA) is 70.8 Å². The molecule has 0 aliphatic carbocycles. The smallest absolute Gasteiger partial charge is 0.399 e. The quantitative estimate of drug-likeness (QED) is 0.632. The van der Waals surface area contributed by atoms with Gasteiger partial charge in [-0.3, -0.25) is 4.79 Å². The van der Waals surface area contributed by atoms with Crippen LogP contribution in [0.1, 0.15) is 60.5 Å². The van der Waals surface area contributed by atoms with Crippen LogP contribution in [-0.4, -0.2) is 24.3 Å². The molecule has 1 atom stereocenters. The van der Waals surface area contributed by atoms with E-state index in [1.807, 2.05) is 84.9 Å². The molecule has 6 heteroatoms. The molecule has 0 aromatic heterocycles. The van der Waals surface area contributed by atoms with E-state index in [0.717, 1.165) is 11.0 Å². The molecule has 0 radical (unpaired) electrons. The van der Waals surface area contributed by atoms with Crippen LogP contribution in [0.25, 0.3) is 6.08 Å². The van der Waals surface area contributed by atoms with Crippen molar-refractivity contribution in [3.8, 4) is 0 Å². The van der Waals surface area contributed by atoms with Crippen LogP contribution in [0.5, 0.6) is 0 Å². The number of rotatable bonds is 5. The SMILES string of the molecule is CC(C)(C)C(CC=Cc1ccc(B2OC(C)(C)C(C)(C)O2)cc1)C(=O)ON. The Kier molecular flexibility index (Phi) is 6.24. The highest BCUT2D eigenvalue weighted by atomic mass is 16.7. The maximum absolute atomic E-state index is 11.9. The third-order valence-corrected chi connectivity index (χ3v) is 5.59. The summed E-state index contributed by atoms with van der Waals surface area (Å²) in [5.41, 5.74) is 1.11. The molecule has 1 saturated heterocycles. The lowest BCUT2D eigenvalue weighted by Gasteiger charge is -2.32. The van der Waals surface area contributed by atoms with Crippen LogP contribution in [0.3, 0.4) is 0 Å². The zero-order chi connectivity index (χ0) is 20.5. The van der Waals surface area contributed by atoms with Gasteiger partial charge in [0.25, 0.3) is 0 Å². The fourth-order valence-electron chi connectivity index (χ4n) is 2.97. The minimum atomic E-state index is -0.386. The van der Waals surface area contributed by atoms with Gasteiger partial charge in [0, 0.05) is 0 Å². The molecule has 1 aromatic carbocycles. The molecule has 148 valence electrons. The Morgan fingerprint density at radius 2 is 1.67 bits per heavy atom. The highest BCUT2D eigenvalue weighted by Crippen LogP contribution is 2.36. The summed E-state index contributed by atoms with van der Waals surface area (Å²) in [6, 6.07) is 8.06. The number of hydrogen-bond donors (Lipinski definition) is 1. The minimum absolute atomic E-state index is 0.221. The first-order valence-corrected chi connectivity index (χ1v) is 9.40. The van der Waals surface area contributed by atoms with E-state index >= 15 is 0 Å². The van der Waals surface area contributed by atoms with Crippen molar-refractivity contribution in [2.24, 2.45) is 17.2 Å². The maximum Gasteiger partial charge on any atom is 0.494 e. The Morgan fingerprint density at radius 1 is 1.15 bits per heavy atom. The molecule has 2 N–H and O–H groups in total. The molecule has 0 bridgehead atoms. The van der Waals surface area contributed by atoms with Crippen LogP contribution in [0, 0.1) is 11.3 Å². The summed E-state index contributed by atoms with van der Waals surface area (Å²) in [4.78, 5) is 16.3. The molecule has 1 fully saturated rings. The second kappa shape index (κ2) is 7.78. The van der Waals surface area contributed by atoms with Gasteiger partial charge in [-0.2, -0.15) is 5.90 Å². The van der Waals surface area contributed by atoms with Crippen molar-refractivity contribution in [3.63, 3.8) is 0 Å². The van der Waals surface area contributed by atoms with Gasteiger partial charge in [-0.1, -0.05) is 57.2 Å². The van der Waals surface area contributed by atoms with Crippen LogP contribution < -0.4 is 11.4 Å². The van der Waals surface area contributed by atoms with Gasteiger partial charge in [0.05, 0.1) is 17.1 Å². The van der Waals surface area contributed by atoms with Crippen molar-refractivity contribution >= 4 is 24.6 Å². The summed E-state index contributed by atoms with van der Waals surface area (Å²) in [6.45, 7) is 14.2. The summed E-state index contributed by atoms with van der Waals surface area (Å²) < 4.78 is 12.2. The van der Waals surface area contributed by atoms with Gasteiger partial charge in [0.2, 0.25) is 0 Å². The third-order valence-electron chi connectivity index (χ3n) is 5.59. The first-order chi connectivity index (χ1) is 12.4. The first kappa shape index (κ1) is 21.7. The summed E-state index contributed by atoms with van der Waals surface area (Å²) in [5, 5.41) is 0. The second-order valence-electron chi connectivity index (χ2n) is 9.25. The molecule has 0 saturated carbocycles. The number of carbonyl (C=O) groups is 1. The Balaban J connectivity index is 2.04. The molecule has 1 unspecified atom stereocenters. The van der Waals surface area contributed by atoms with Gasteiger partial charge in [0.1, 0.15) is 0 Å². The van der Waals surface area contributed by atoms with Gasteiger partial charge in [0.15, 0.2) is 0 Å². The Morgan fingerprint density at radius 3 is 2.11 bits per heavy atom. The predicted octanol–water partition coefficient (Wildman–Crippen LogP) is 3.47. The summed E-state index contributed by atoms with van der Waals surface area (Å²) >= 11 is 0. The fourth-order valence-corrected chi connectivity index (χ4v) is 2.97. The number of hydrogen-bond acceptors (Lipinski definition) is 5. The summed E-state index contributed by atoms with van der Waals surface area (Å²) in [6.07, 6.45) is 4.55. The second-order valence-corrected chi connectivity index (χ2v) is 9.25. The van der Waals surface area contributed by atoms with Crippen LogP contribution in [0.4, 0.5) is 0 Å². The standard InChI is InChI=1S/C21H32BNO4/c1-19(2,3)17(18(24)25-23)10-8-9-15-11-13-16(14-12-15)22-26-20(4,5)21(6,7)27-22/h8-9,11-14,17H,10,23H2,1-7H3. The fraction of sp³-hybridized carbons (Fsp3) is 0.571. The van der Waals surface area contributed by atoms with Crippen LogP contribution in [0.2, 0.25) is 0 Å². The zero-order valence-corrected chi connectivity index (χ0v) is 17.5. The highest BCUT2D eigenvalue weighted by molar-refractivity contribution is 6.62. The van der Waals surface area contributed by atoms with Crippen molar-refractivity contribution in [2.75, 3.05) is 0 Å². The van der Waals surface area contributed by atoms with Crippen LogP contribution >= 0.6 is 0 Å². The van der Waals surface area contributed by atoms with Crippen LogP contribution in [0.15, 0.2) is 30.3 Å². The normalized spacial score (nSPS) is 20.1. The summed E-state index contributed by atoms with van der Waals surface area (Å²) in [5.74, 6) is 4.39. The van der Waals surface area contributed by atoms with E-state index in [1.165, 1.54) is 0 Å². The van der Waals surface area contributed by atoms with Crippen molar-refractivity contribution in [3.05, 3.63) is 35.9 Å².